The molecule has 2 atom stereocenters. The molecule has 5 rings (SSSR count). The summed E-state index contributed by atoms with van der Waals surface area (Å²) in [6.45, 7) is 3.41. The Hall–Kier alpha value is -3.16. The van der Waals surface area contributed by atoms with Crippen LogP contribution in [0.5, 0.6) is 11.5 Å². The van der Waals surface area contributed by atoms with Crippen LogP contribution in [0.2, 0.25) is 0 Å². The minimum absolute atomic E-state index is 0.295. The Morgan fingerprint density at radius 3 is 2.67 bits per heavy atom. The maximum absolute atomic E-state index is 13.5. The lowest BCUT2D eigenvalue weighted by atomic mass is 9.87. The quantitative estimate of drug-likeness (QED) is 0.472. The molecule has 1 aliphatic rings. The van der Waals surface area contributed by atoms with Crippen molar-refractivity contribution in [2.45, 2.75) is 31.7 Å². The standard InChI is InChI=1S/C23H22N2O5/c1-23(2)22(28)21(27)17-15(30-23)10-14(29-4)16-19(17)25(3)13-9-11-7-5-6-8-12(11)24-18(13)20(16)26/h5-10,21-22,27-28H,1-4H3. The molecular weight excluding hydrogens is 384 g/mol. The molecule has 0 radical (unpaired) electrons. The number of aliphatic hydroxyl groups excluding tert-OH is 2. The summed E-state index contributed by atoms with van der Waals surface area (Å²) < 4.78 is 13.3. The van der Waals surface area contributed by atoms with Crippen molar-refractivity contribution in [3.05, 3.63) is 52.2 Å². The minimum Gasteiger partial charge on any atom is -0.496 e. The van der Waals surface area contributed by atoms with Crippen molar-refractivity contribution in [3.8, 4) is 11.5 Å². The number of hydrogen-bond donors (Lipinski definition) is 2. The molecule has 0 fully saturated rings. The molecule has 2 unspecified atom stereocenters. The summed E-state index contributed by atoms with van der Waals surface area (Å²) in [6, 6.07) is 11.1. The molecule has 0 spiro atoms. The number of nitrogens with zero attached hydrogens (tertiary/aromatic N) is 2. The fraction of sp³-hybridized carbons (Fsp3) is 0.304. The summed E-state index contributed by atoms with van der Waals surface area (Å²) in [5.74, 6) is 0.714. The molecule has 2 aromatic carbocycles. The lowest BCUT2D eigenvalue weighted by Crippen LogP contribution is -2.49. The zero-order chi connectivity index (χ0) is 21.4. The number of hydrogen-bond acceptors (Lipinski definition) is 6. The molecule has 30 heavy (non-hydrogen) atoms. The van der Waals surface area contributed by atoms with Crippen LogP contribution >= 0.6 is 0 Å². The molecule has 0 aliphatic carbocycles. The zero-order valence-corrected chi connectivity index (χ0v) is 17.1. The fourth-order valence-electron chi connectivity index (χ4n) is 4.38. The van der Waals surface area contributed by atoms with Crippen LogP contribution in [-0.2, 0) is 7.05 Å². The van der Waals surface area contributed by atoms with E-state index in [-0.39, 0.29) is 5.43 Å². The third kappa shape index (κ3) is 2.39. The molecule has 7 nitrogen and oxygen atoms in total. The van der Waals surface area contributed by atoms with Crippen LogP contribution in [0.15, 0.2) is 41.2 Å². The molecule has 7 heteroatoms. The molecule has 2 N–H and O–H groups in total. The number of ether oxygens (including phenoxy) is 2. The summed E-state index contributed by atoms with van der Waals surface area (Å²) >= 11 is 0. The first-order valence-electron chi connectivity index (χ1n) is 9.73. The van der Waals surface area contributed by atoms with Gasteiger partial charge in [-0.3, -0.25) is 4.79 Å². The summed E-state index contributed by atoms with van der Waals surface area (Å²) in [5.41, 5.74) is 1.18. The van der Waals surface area contributed by atoms with Gasteiger partial charge in [0.15, 0.2) is 0 Å². The SMILES string of the molecule is COc1cc2c(c3c1c(=O)c1nc4ccccc4cc1n3C)C(O)C(O)C(C)(C)O2. The first-order valence-corrected chi connectivity index (χ1v) is 9.73. The molecule has 0 saturated heterocycles. The van der Waals surface area contributed by atoms with E-state index in [1.54, 1.807) is 27.0 Å². The van der Waals surface area contributed by atoms with Gasteiger partial charge in [-0.2, -0.15) is 0 Å². The monoisotopic (exact) mass is 406 g/mol. The topological polar surface area (TPSA) is 93.8 Å². The Bertz CT molecular complexity index is 1410. The predicted molar refractivity (Wildman–Crippen MR) is 114 cm³/mol. The van der Waals surface area contributed by atoms with Crippen LogP contribution in [0.3, 0.4) is 0 Å². The van der Waals surface area contributed by atoms with Gasteiger partial charge >= 0.3 is 0 Å². The third-order valence-corrected chi connectivity index (χ3v) is 6.01. The Morgan fingerprint density at radius 1 is 1.20 bits per heavy atom. The van der Waals surface area contributed by atoms with Crippen molar-refractivity contribution in [2.75, 3.05) is 7.11 Å². The van der Waals surface area contributed by atoms with Crippen molar-refractivity contribution in [1.82, 2.24) is 9.55 Å². The van der Waals surface area contributed by atoms with E-state index >= 15 is 0 Å². The second-order valence-electron chi connectivity index (χ2n) is 8.25. The first kappa shape index (κ1) is 18.8. The number of pyridine rings is 2. The summed E-state index contributed by atoms with van der Waals surface area (Å²) in [7, 11) is 3.29. The number of aromatic nitrogens is 2. The van der Waals surface area contributed by atoms with Gasteiger partial charge in [-0.25, -0.2) is 4.98 Å². The zero-order valence-electron chi connectivity index (χ0n) is 17.1. The maximum Gasteiger partial charge on any atom is 0.219 e. The van der Waals surface area contributed by atoms with Crippen LogP contribution in [0.25, 0.3) is 32.8 Å². The van der Waals surface area contributed by atoms with Crippen LogP contribution in [0, 0.1) is 0 Å². The summed E-state index contributed by atoms with van der Waals surface area (Å²) in [6.07, 6.45) is -2.39. The molecule has 0 bridgehead atoms. The van der Waals surface area contributed by atoms with Crippen LogP contribution in [-0.4, -0.2) is 38.6 Å². The maximum atomic E-state index is 13.5. The van der Waals surface area contributed by atoms with Crippen molar-refractivity contribution in [1.29, 1.82) is 0 Å². The molecule has 0 amide bonds. The Labute approximate surface area is 172 Å². The van der Waals surface area contributed by atoms with Gasteiger partial charge in [-0.15, -0.1) is 0 Å². The lowest BCUT2D eigenvalue weighted by molar-refractivity contribution is -0.111. The lowest BCUT2D eigenvalue weighted by Gasteiger charge is -2.40. The van der Waals surface area contributed by atoms with Gasteiger partial charge in [-0.1, -0.05) is 18.2 Å². The number of benzene rings is 2. The highest BCUT2D eigenvalue weighted by molar-refractivity contribution is 6.01. The predicted octanol–water partition coefficient (Wildman–Crippen LogP) is 2.81. The molecule has 3 heterocycles. The Kier molecular flexibility index (Phi) is 3.87. The van der Waals surface area contributed by atoms with E-state index in [1.165, 1.54) is 7.11 Å². The van der Waals surface area contributed by atoms with Crippen molar-refractivity contribution >= 4 is 32.8 Å². The largest absolute Gasteiger partial charge is 0.496 e. The average Bonchev–Trinajstić information content (AvgIpc) is 2.73. The second kappa shape index (κ2) is 6.17. The third-order valence-electron chi connectivity index (χ3n) is 6.01. The average molecular weight is 406 g/mol. The smallest absolute Gasteiger partial charge is 0.219 e. The molecule has 0 saturated carbocycles. The number of aliphatic hydroxyl groups is 2. The molecule has 4 aromatic rings. The number of aryl methyl sites for hydroxylation is 1. The van der Waals surface area contributed by atoms with E-state index in [0.717, 1.165) is 10.9 Å². The normalized spacial score (nSPS) is 20.3. The number of fused-ring (bicyclic) bond motifs is 5. The van der Waals surface area contributed by atoms with E-state index in [1.807, 2.05) is 34.9 Å². The van der Waals surface area contributed by atoms with Gasteiger partial charge in [0.05, 0.1) is 34.6 Å². The van der Waals surface area contributed by atoms with E-state index in [0.29, 0.717) is 39.0 Å². The van der Waals surface area contributed by atoms with E-state index in [9.17, 15) is 15.0 Å². The van der Waals surface area contributed by atoms with Gasteiger partial charge in [0, 0.05) is 18.5 Å². The molecule has 2 aromatic heterocycles. The van der Waals surface area contributed by atoms with Crippen molar-refractivity contribution < 1.29 is 19.7 Å². The minimum atomic E-state index is -1.23. The number of para-hydroxylation sites is 1. The van der Waals surface area contributed by atoms with Crippen molar-refractivity contribution in [2.24, 2.45) is 7.05 Å². The highest BCUT2D eigenvalue weighted by atomic mass is 16.5. The Balaban J connectivity index is 2.01. The second-order valence-corrected chi connectivity index (χ2v) is 8.25. The van der Waals surface area contributed by atoms with Crippen LogP contribution in [0.1, 0.15) is 25.5 Å². The van der Waals surface area contributed by atoms with Crippen LogP contribution < -0.4 is 14.9 Å². The first-order chi connectivity index (χ1) is 14.2. The summed E-state index contributed by atoms with van der Waals surface area (Å²) in [5, 5.41) is 22.8. The van der Waals surface area contributed by atoms with E-state index in [2.05, 4.69) is 4.98 Å². The highest BCUT2D eigenvalue weighted by Crippen LogP contribution is 2.46. The highest BCUT2D eigenvalue weighted by Gasteiger charge is 2.44. The van der Waals surface area contributed by atoms with Gasteiger partial charge in [0.2, 0.25) is 5.43 Å². The van der Waals surface area contributed by atoms with Crippen LogP contribution in [0.4, 0.5) is 0 Å². The summed E-state index contributed by atoms with van der Waals surface area (Å²) in [4.78, 5) is 18.1. The number of rotatable bonds is 1. The molecule has 154 valence electrons. The van der Waals surface area contributed by atoms with Gasteiger partial charge in [0.1, 0.15) is 34.8 Å². The van der Waals surface area contributed by atoms with Gasteiger partial charge in [-0.05, 0) is 26.0 Å². The van der Waals surface area contributed by atoms with E-state index in [4.69, 9.17) is 9.47 Å². The molecular formula is C23H22N2O5. The van der Waals surface area contributed by atoms with Gasteiger partial charge in [0.25, 0.3) is 0 Å². The van der Waals surface area contributed by atoms with Crippen molar-refractivity contribution in [3.63, 3.8) is 0 Å². The van der Waals surface area contributed by atoms with E-state index < -0.39 is 17.8 Å². The Morgan fingerprint density at radius 2 is 1.93 bits per heavy atom. The number of methoxy groups -OCH3 is 1. The molecule has 1 aliphatic heterocycles. The van der Waals surface area contributed by atoms with Gasteiger partial charge < -0.3 is 24.3 Å². The fourth-order valence-corrected chi connectivity index (χ4v) is 4.38.